The summed E-state index contributed by atoms with van der Waals surface area (Å²) in [4.78, 5) is 24.3. The topological polar surface area (TPSA) is 132 Å². The molecule has 1 aromatic carbocycles. The number of rotatable bonds is 14. The molecule has 1 fully saturated rings. The third-order valence-corrected chi connectivity index (χ3v) is 6.09. The number of carboxylic acid groups (broad SMARTS) is 1. The van der Waals surface area contributed by atoms with Crippen LogP contribution in [-0.4, -0.2) is 70.5 Å². The van der Waals surface area contributed by atoms with E-state index in [1.807, 2.05) is 27.7 Å². The van der Waals surface area contributed by atoms with E-state index in [4.69, 9.17) is 18.9 Å². The first-order valence-electron chi connectivity index (χ1n) is 12.7. The van der Waals surface area contributed by atoms with Gasteiger partial charge >= 0.3 is 11.9 Å². The molecule has 202 valence electrons. The van der Waals surface area contributed by atoms with Gasteiger partial charge in [-0.05, 0) is 49.5 Å². The lowest BCUT2D eigenvalue weighted by atomic mass is 9.79. The summed E-state index contributed by atoms with van der Waals surface area (Å²) in [5.74, 6) is -1.05. The molecule has 9 nitrogen and oxygen atoms in total. The summed E-state index contributed by atoms with van der Waals surface area (Å²) in [5.41, 5.74) is -1.51. The molecule has 0 aromatic heterocycles. The normalized spacial score (nSPS) is 24.1. The second-order valence-corrected chi connectivity index (χ2v) is 9.06. The van der Waals surface area contributed by atoms with E-state index in [9.17, 15) is 24.9 Å². The summed E-state index contributed by atoms with van der Waals surface area (Å²) in [6, 6.07) is 5.29. The van der Waals surface area contributed by atoms with Crippen molar-refractivity contribution in [3.8, 4) is 11.5 Å². The number of hydrogen-bond acceptors (Lipinski definition) is 8. The molecule has 0 amide bonds. The predicted octanol–water partition coefficient (Wildman–Crippen LogP) is 3.73. The molecule has 0 heterocycles. The fourth-order valence-electron chi connectivity index (χ4n) is 4.01. The molecular formula is C27H40O9. The summed E-state index contributed by atoms with van der Waals surface area (Å²) in [6.07, 6.45) is 1.26. The molecule has 2 rings (SSSR count). The minimum atomic E-state index is -2.18. The fourth-order valence-corrected chi connectivity index (χ4v) is 4.01. The summed E-state index contributed by atoms with van der Waals surface area (Å²) in [6.45, 7) is 8.91. The highest BCUT2D eigenvalue weighted by Gasteiger charge is 2.51. The Labute approximate surface area is 213 Å². The number of esters is 1. The number of hydrogen-bond donors (Lipinski definition) is 3. The molecule has 1 aliphatic carbocycles. The molecule has 0 bridgehead atoms. The average Bonchev–Trinajstić information content (AvgIpc) is 2.86. The molecule has 36 heavy (non-hydrogen) atoms. The number of ether oxygens (including phenoxy) is 4. The first kappa shape index (κ1) is 29.6. The van der Waals surface area contributed by atoms with Crippen molar-refractivity contribution in [1.82, 2.24) is 0 Å². The van der Waals surface area contributed by atoms with Crippen LogP contribution in [0.3, 0.4) is 0 Å². The predicted molar refractivity (Wildman–Crippen MR) is 134 cm³/mol. The van der Waals surface area contributed by atoms with Crippen LogP contribution in [0.2, 0.25) is 0 Å². The summed E-state index contributed by atoms with van der Waals surface area (Å²) in [7, 11) is 0. The Morgan fingerprint density at radius 1 is 1.03 bits per heavy atom. The van der Waals surface area contributed by atoms with Crippen LogP contribution in [0.25, 0.3) is 6.08 Å². The Balaban J connectivity index is 2.15. The summed E-state index contributed by atoms with van der Waals surface area (Å²) < 4.78 is 22.7. The SMILES string of the molecule is CCCOc1ccc(/C=C/C(=O)O[C@@H]2C[C@](O)(C(=O)O)C[C@@H](OC(CC)CC)[C@H]2O)cc1OCCC. The largest absolute Gasteiger partial charge is 0.490 e. The maximum absolute atomic E-state index is 12.6. The van der Waals surface area contributed by atoms with E-state index in [0.29, 0.717) is 43.1 Å². The molecule has 1 aliphatic rings. The van der Waals surface area contributed by atoms with Crippen molar-refractivity contribution in [3.05, 3.63) is 29.8 Å². The van der Waals surface area contributed by atoms with Crippen LogP contribution < -0.4 is 9.47 Å². The highest BCUT2D eigenvalue weighted by Crippen LogP contribution is 2.34. The van der Waals surface area contributed by atoms with Gasteiger partial charge in [0.2, 0.25) is 0 Å². The lowest BCUT2D eigenvalue weighted by molar-refractivity contribution is -0.209. The van der Waals surface area contributed by atoms with Gasteiger partial charge < -0.3 is 34.3 Å². The van der Waals surface area contributed by atoms with E-state index < -0.39 is 42.3 Å². The number of carbonyl (C=O) groups excluding carboxylic acids is 1. The highest BCUT2D eigenvalue weighted by atomic mass is 16.6. The number of aliphatic hydroxyl groups excluding tert-OH is 1. The number of aliphatic hydroxyl groups is 2. The molecule has 9 heteroatoms. The van der Waals surface area contributed by atoms with Crippen molar-refractivity contribution >= 4 is 18.0 Å². The van der Waals surface area contributed by atoms with Crippen LogP contribution in [0.5, 0.6) is 11.5 Å². The van der Waals surface area contributed by atoms with Gasteiger partial charge in [0.25, 0.3) is 0 Å². The smallest absolute Gasteiger partial charge is 0.335 e. The van der Waals surface area contributed by atoms with Crippen LogP contribution in [0, 0.1) is 0 Å². The van der Waals surface area contributed by atoms with Crippen LogP contribution in [0.4, 0.5) is 0 Å². The molecular weight excluding hydrogens is 468 g/mol. The number of aliphatic carboxylic acids is 1. The Morgan fingerprint density at radius 2 is 1.64 bits per heavy atom. The summed E-state index contributed by atoms with van der Waals surface area (Å²) >= 11 is 0. The lowest BCUT2D eigenvalue weighted by Crippen LogP contribution is -2.58. The quantitative estimate of drug-likeness (QED) is 0.254. The van der Waals surface area contributed by atoms with E-state index in [0.717, 1.165) is 12.8 Å². The van der Waals surface area contributed by atoms with Gasteiger partial charge in [-0.2, -0.15) is 0 Å². The number of carbonyl (C=O) groups is 2. The van der Waals surface area contributed by atoms with Crippen LogP contribution in [0.1, 0.15) is 71.8 Å². The first-order chi connectivity index (χ1) is 17.2. The number of carboxylic acids is 1. The molecule has 0 saturated heterocycles. The Hall–Kier alpha value is -2.62. The zero-order valence-electron chi connectivity index (χ0n) is 21.6. The van der Waals surface area contributed by atoms with Crippen LogP contribution in [0.15, 0.2) is 24.3 Å². The molecule has 0 aliphatic heterocycles. The zero-order chi connectivity index (χ0) is 26.7. The highest BCUT2D eigenvalue weighted by molar-refractivity contribution is 5.87. The number of benzene rings is 1. The van der Waals surface area contributed by atoms with Crippen molar-refractivity contribution < 1.29 is 43.9 Å². The van der Waals surface area contributed by atoms with Gasteiger partial charge in [0.15, 0.2) is 17.1 Å². The molecule has 0 radical (unpaired) electrons. The van der Waals surface area contributed by atoms with Gasteiger partial charge in [-0.1, -0.05) is 33.8 Å². The second kappa shape index (κ2) is 14.2. The fraction of sp³-hybridized carbons (Fsp3) is 0.630. The van der Waals surface area contributed by atoms with Gasteiger partial charge in [0, 0.05) is 18.9 Å². The van der Waals surface area contributed by atoms with Gasteiger partial charge in [0.05, 0.1) is 25.4 Å². The monoisotopic (exact) mass is 508 g/mol. The molecule has 1 saturated carbocycles. The van der Waals surface area contributed by atoms with Gasteiger partial charge in [-0.3, -0.25) is 0 Å². The first-order valence-corrected chi connectivity index (χ1v) is 12.7. The van der Waals surface area contributed by atoms with E-state index in [2.05, 4.69) is 0 Å². The van der Waals surface area contributed by atoms with Crippen molar-refractivity contribution in [2.75, 3.05) is 13.2 Å². The molecule has 4 atom stereocenters. The molecule has 1 aromatic rings. The third kappa shape index (κ3) is 8.21. The van der Waals surface area contributed by atoms with Crippen LogP contribution >= 0.6 is 0 Å². The lowest BCUT2D eigenvalue weighted by Gasteiger charge is -2.42. The van der Waals surface area contributed by atoms with Crippen molar-refractivity contribution in [2.45, 2.75) is 96.2 Å². The van der Waals surface area contributed by atoms with Crippen molar-refractivity contribution in [1.29, 1.82) is 0 Å². The second-order valence-electron chi connectivity index (χ2n) is 9.06. The van der Waals surface area contributed by atoms with Gasteiger partial charge in [-0.25, -0.2) is 9.59 Å². The standard InChI is InChI=1S/C27H40O9/c1-5-13-33-20-11-9-18(15-21(20)34-14-6-2)10-12-24(28)36-23-17-27(32,26(30)31)16-22(25(23)29)35-19(7-3)8-4/h9-12,15,19,22-23,25,29,32H,5-8,13-14,16-17H2,1-4H3,(H,30,31)/b12-10+/t22-,23-,25-,27+/m1/s1. The maximum atomic E-state index is 12.6. The Morgan fingerprint density at radius 3 is 2.22 bits per heavy atom. The Kier molecular flexibility index (Phi) is 11.7. The molecule has 0 unspecified atom stereocenters. The minimum absolute atomic E-state index is 0.217. The summed E-state index contributed by atoms with van der Waals surface area (Å²) in [5, 5.41) is 31.0. The van der Waals surface area contributed by atoms with Crippen molar-refractivity contribution in [3.63, 3.8) is 0 Å². The average molecular weight is 509 g/mol. The zero-order valence-corrected chi connectivity index (χ0v) is 21.6. The van der Waals surface area contributed by atoms with Gasteiger partial charge in [-0.15, -0.1) is 0 Å². The Bertz CT molecular complexity index is 880. The third-order valence-electron chi connectivity index (χ3n) is 6.09. The molecule has 3 N–H and O–H groups in total. The van der Waals surface area contributed by atoms with Gasteiger partial charge in [0.1, 0.15) is 12.2 Å². The van der Waals surface area contributed by atoms with E-state index in [-0.39, 0.29) is 12.5 Å². The van der Waals surface area contributed by atoms with E-state index >= 15 is 0 Å². The van der Waals surface area contributed by atoms with E-state index in [1.165, 1.54) is 12.2 Å². The van der Waals surface area contributed by atoms with Crippen LogP contribution in [-0.2, 0) is 19.1 Å². The van der Waals surface area contributed by atoms with Crippen molar-refractivity contribution in [2.24, 2.45) is 0 Å². The minimum Gasteiger partial charge on any atom is -0.490 e. The maximum Gasteiger partial charge on any atom is 0.335 e. The van der Waals surface area contributed by atoms with E-state index in [1.54, 1.807) is 18.2 Å². The molecule has 0 spiro atoms.